The van der Waals surface area contributed by atoms with E-state index in [1.807, 2.05) is 14.1 Å². The van der Waals surface area contributed by atoms with Crippen LogP contribution in [0.5, 0.6) is 0 Å². The summed E-state index contributed by atoms with van der Waals surface area (Å²) in [7, 11) is 3.95. The summed E-state index contributed by atoms with van der Waals surface area (Å²) in [4.78, 5) is 2.07. The van der Waals surface area contributed by atoms with Crippen molar-refractivity contribution in [2.45, 2.75) is 43.7 Å². The summed E-state index contributed by atoms with van der Waals surface area (Å²) in [6.07, 6.45) is 4.40. The van der Waals surface area contributed by atoms with Crippen molar-refractivity contribution in [2.75, 3.05) is 14.1 Å². The number of halogens is 2. The number of hydrogen-bond donors (Lipinski definition) is 1. The van der Waals surface area contributed by atoms with Crippen LogP contribution < -0.4 is 0 Å². The van der Waals surface area contributed by atoms with E-state index in [0.29, 0.717) is 10.0 Å². The van der Waals surface area contributed by atoms with Crippen LogP contribution >= 0.6 is 15.9 Å². The van der Waals surface area contributed by atoms with Crippen molar-refractivity contribution in [3.63, 3.8) is 0 Å². The molecule has 0 heterocycles. The monoisotopic (exact) mass is 329 g/mol. The molecule has 1 saturated carbocycles. The highest BCUT2D eigenvalue weighted by atomic mass is 79.9. The van der Waals surface area contributed by atoms with Crippen LogP contribution in [-0.4, -0.2) is 29.6 Å². The third-order valence-electron chi connectivity index (χ3n) is 4.40. The normalized spacial score (nSPS) is 20.5. The van der Waals surface area contributed by atoms with Crippen molar-refractivity contribution >= 4 is 15.9 Å². The molecule has 1 atom stereocenters. The summed E-state index contributed by atoms with van der Waals surface area (Å²) in [5.74, 6) is -0.346. The van der Waals surface area contributed by atoms with Crippen LogP contribution in [0.1, 0.15) is 43.8 Å². The topological polar surface area (TPSA) is 23.5 Å². The Morgan fingerprint density at radius 1 is 1.26 bits per heavy atom. The van der Waals surface area contributed by atoms with Crippen molar-refractivity contribution in [1.29, 1.82) is 0 Å². The summed E-state index contributed by atoms with van der Waals surface area (Å²) in [5, 5.41) is 10.8. The maximum absolute atomic E-state index is 14.2. The third kappa shape index (κ3) is 2.71. The Labute approximate surface area is 122 Å². The van der Waals surface area contributed by atoms with Crippen LogP contribution in [0.25, 0.3) is 0 Å². The molecule has 0 bridgehead atoms. The van der Waals surface area contributed by atoms with Crippen molar-refractivity contribution in [3.8, 4) is 0 Å². The molecule has 106 valence electrons. The smallest absolute Gasteiger partial charge is 0.143 e. The first kappa shape index (κ1) is 14.9. The fourth-order valence-electron chi connectivity index (χ4n) is 3.15. The summed E-state index contributed by atoms with van der Waals surface area (Å²) in [6, 6.07) is 5.12. The number of rotatable bonds is 3. The predicted molar refractivity (Wildman–Crippen MR) is 78.6 cm³/mol. The van der Waals surface area contributed by atoms with Crippen molar-refractivity contribution in [1.82, 2.24) is 4.90 Å². The number of aliphatic hydroxyl groups is 1. The highest BCUT2D eigenvalue weighted by Gasteiger charge is 2.42. The second-order valence-electron chi connectivity index (χ2n) is 5.60. The Balaban J connectivity index is 2.39. The molecule has 0 radical (unpaired) electrons. The van der Waals surface area contributed by atoms with E-state index in [2.05, 4.69) is 20.8 Å². The molecule has 1 aliphatic carbocycles. The molecule has 1 unspecified atom stereocenters. The van der Waals surface area contributed by atoms with Gasteiger partial charge in [-0.1, -0.05) is 31.4 Å². The minimum absolute atomic E-state index is 0.346. The lowest BCUT2D eigenvalue weighted by Crippen LogP contribution is -2.50. The highest BCUT2D eigenvalue weighted by Crippen LogP contribution is 2.43. The predicted octanol–water partition coefficient (Wildman–Crippen LogP) is 3.89. The fraction of sp³-hybridized carbons (Fsp3) is 0.600. The number of hydrogen-bond acceptors (Lipinski definition) is 2. The Hall–Kier alpha value is -0.450. The Morgan fingerprint density at radius 3 is 2.47 bits per heavy atom. The molecule has 0 aromatic heterocycles. The molecular weight excluding hydrogens is 309 g/mol. The van der Waals surface area contributed by atoms with E-state index < -0.39 is 6.10 Å². The zero-order chi connectivity index (χ0) is 14.0. The van der Waals surface area contributed by atoms with Gasteiger partial charge >= 0.3 is 0 Å². The molecule has 1 aromatic rings. The zero-order valence-electron chi connectivity index (χ0n) is 11.5. The van der Waals surface area contributed by atoms with E-state index in [0.717, 1.165) is 25.7 Å². The van der Waals surface area contributed by atoms with Gasteiger partial charge in [-0.25, -0.2) is 4.39 Å². The van der Waals surface area contributed by atoms with Gasteiger partial charge < -0.3 is 10.0 Å². The van der Waals surface area contributed by atoms with Gasteiger partial charge in [-0.05, 0) is 48.9 Å². The van der Waals surface area contributed by atoms with Gasteiger partial charge in [0, 0.05) is 5.56 Å². The van der Waals surface area contributed by atoms with E-state index in [1.165, 1.54) is 6.42 Å². The molecule has 2 nitrogen and oxygen atoms in total. The van der Waals surface area contributed by atoms with Crippen molar-refractivity contribution in [2.24, 2.45) is 0 Å². The van der Waals surface area contributed by atoms with Gasteiger partial charge in [0.15, 0.2) is 0 Å². The average Bonchev–Trinajstić information content (AvgIpc) is 2.41. The molecule has 1 aliphatic rings. The lowest BCUT2D eigenvalue weighted by atomic mass is 9.74. The first-order valence-electron chi connectivity index (χ1n) is 6.78. The zero-order valence-corrected chi connectivity index (χ0v) is 13.1. The molecule has 0 amide bonds. The van der Waals surface area contributed by atoms with Crippen LogP contribution in [0.3, 0.4) is 0 Å². The van der Waals surface area contributed by atoms with E-state index in [9.17, 15) is 9.50 Å². The van der Waals surface area contributed by atoms with E-state index in [-0.39, 0.29) is 11.4 Å². The molecule has 0 saturated heterocycles. The summed E-state index contributed by atoms with van der Waals surface area (Å²) in [6.45, 7) is 0. The van der Waals surface area contributed by atoms with E-state index in [4.69, 9.17) is 0 Å². The van der Waals surface area contributed by atoms with Crippen molar-refractivity contribution < 1.29 is 9.50 Å². The van der Waals surface area contributed by atoms with Crippen LogP contribution in [0.4, 0.5) is 4.39 Å². The minimum atomic E-state index is -0.791. The van der Waals surface area contributed by atoms with Crippen LogP contribution in [0.15, 0.2) is 22.7 Å². The van der Waals surface area contributed by atoms with Gasteiger partial charge in [0.2, 0.25) is 0 Å². The summed E-state index contributed by atoms with van der Waals surface area (Å²) in [5.41, 5.74) is 0.0462. The van der Waals surface area contributed by atoms with Gasteiger partial charge in [-0.2, -0.15) is 0 Å². The fourth-order valence-corrected chi connectivity index (χ4v) is 3.53. The Bertz CT molecular complexity index is 444. The summed E-state index contributed by atoms with van der Waals surface area (Å²) >= 11 is 3.19. The van der Waals surface area contributed by atoms with E-state index in [1.54, 1.807) is 18.2 Å². The van der Waals surface area contributed by atoms with Gasteiger partial charge in [0.25, 0.3) is 0 Å². The second kappa shape index (κ2) is 5.90. The molecule has 19 heavy (non-hydrogen) atoms. The number of likely N-dealkylation sites (N-methyl/N-ethyl adjacent to an activating group) is 1. The lowest BCUT2D eigenvalue weighted by Gasteiger charge is -2.46. The van der Waals surface area contributed by atoms with E-state index >= 15 is 0 Å². The largest absolute Gasteiger partial charge is 0.386 e. The number of nitrogens with zero attached hydrogens (tertiary/aromatic N) is 1. The molecule has 0 aliphatic heterocycles. The first-order valence-corrected chi connectivity index (χ1v) is 7.58. The SMILES string of the molecule is CN(C)C1(C(O)c2cccc(Br)c2F)CCCCC1. The molecule has 1 aromatic carbocycles. The first-order chi connectivity index (χ1) is 8.99. The standard InChI is InChI=1S/C15H21BrFNO/c1-18(2)15(9-4-3-5-10-15)14(19)11-7-6-8-12(16)13(11)17/h6-8,14,19H,3-5,9-10H2,1-2H3. The van der Waals surface area contributed by atoms with Gasteiger partial charge in [0.1, 0.15) is 11.9 Å². The van der Waals surface area contributed by atoms with Crippen molar-refractivity contribution in [3.05, 3.63) is 34.1 Å². The van der Waals surface area contributed by atoms with Gasteiger partial charge in [-0.3, -0.25) is 0 Å². The number of aliphatic hydroxyl groups excluding tert-OH is 1. The number of benzene rings is 1. The van der Waals surface area contributed by atoms with Crippen LogP contribution in [0, 0.1) is 5.82 Å². The Morgan fingerprint density at radius 2 is 1.89 bits per heavy atom. The highest BCUT2D eigenvalue weighted by molar-refractivity contribution is 9.10. The van der Waals surface area contributed by atoms with Gasteiger partial charge in [0.05, 0.1) is 10.0 Å². The molecule has 1 fully saturated rings. The Kier molecular flexibility index (Phi) is 4.64. The lowest BCUT2D eigenvalue weighted by molar-refractivity contribution is -0.0353. The quantitative estimate of drug-likeness (QED) is 0.909. The van der Waals surface area contributed by atoms with Gasteiger partial charge in [-0.15, -0.1) is 0 Å². The maximum Gasteiger partial charge on any atom is 0.143 e. The molecule has 1 N–H and O–H groups in total. The summed E-state index contributed by atoms with van der Waals surface area (Å²) < 4.78 is 14.6. The second-order valence-corrected chi connectivity index (χ2v) is 6.46. The molecular formula is C15H21BrFNO. The van der Waals surface area contributed by atoms with Crippen LogP contribution in [-0.2, 0) is 0 Å². The molecule has 0 spiro atoms. The van der Waals surface area contributed by atoms with Crippen LogP contribution in [0.2, 0.25) is 0 Å². The molecule has 4 heteroatoms. The third-order valence-corrected chi connectivity index (χ3v) is 5.01. The minimum Gasteiger partial charge on any atom is -0.386 e. The molecule has 2 rings (SSSR count). The average molecular weight is 330 g/mol. The maximum atomic E-state index is 14.2.